The van der Waals surface area contributed by atoms with Gasteiger partial charge in [0.25, 0.3) is 0 Å². The number of anilines is 1. The van der Waals surface area contributed by atoms with Gasteiger partial charge in [0.15, 0.2) is 17.2 Å². The van der Waals surface area contributed by atoms with E-state index in [0.717, 1.165) is 12.1 Å². The summed E-state index contributed by atoms with van der Waals surface area (Å²) in [5, 5.41) is 21.1. The van der Waals surface area contributed by atoms with E-state index in [9.17, 15) is 13.9 Å². The second-order valence-electron chi connectivity index (χ2n) is 6.68. The van der Waals surface area contributed by atoms with Crippen molar-refractivity contribution < 1.29 is 18.6 Å². The van der Waals surface area contributed by atoms with Gasteiger partial charge in [-0.25, -0.2) is 8.78 Å². The Bertz CT molecular complexity index is 1270. The fourth-order valence-electron chi connectivity index (χ4n) is 2.86. The van der Waals surface area contributed by atoms with Crippen LogP contribution in [-0.2, 0) is 0 Å². The Hall–Kier alpha value is -3.01. The Morgan fingerprint density at radius 3 is 2.71 bits per heavy atom. The normalized spacial score (nSPS) is 12.2. The number of aromatic amines is 1. The lowest BCUT2D eigenvalue weighted by Crippen LogP contribution is -2.16. The van der Waals surface area contributed by atoms with Gasteiger partial charge in [-0.3, -0.25) is 5.10 Å². The highest BCUT2D eigenvalue weighted by Crippen LogP contribution is 2.37. The van der Waals surface area contributed by atoms with Crippen molar-refractivity contribution in [3.63, 3.8) is 0 Å². The summed E-state index contributed by atoms with van der Waals surface area (Å²) in [6.07, 6.45) is -0.686. The van der Waals surface area contributed by atoms with Crippen LogP contribution in [0.15, 0.2) is 36.4 Å². The van der Waals surface area contributed by atoms with Crippen LogP contribution in [0.25, 0.3) is 22.3 Å². The topological polar surface area (TPSA) is 96.0 Å². The predicted octanol–water partition coefficient (Wildman–Crippen LogP) is 5.19. The van der Waals surface area contributed by atoms with Crippen molar-refractivity contribution in [2.75, 3.05) is 11.9 Å². The number of H-pyrrole nitrogens is 1. The molecule has 3 N–H and O–H groups in total. The molecule has 2 aromatic heterocycles. The number of benzene rings is 2. The first-order valence-electron chi connectivity index (χ1n) is 9.08. The van der Waals surface area contributed by atoms with Gasteiger partial charge in [-0.1, -0.05) is 23.2 Å². The number of nitrogens with zero attached hydrogens (tertiary/aromatic N) is 3. The maximum Gasteiger partial charge on any atom is 0.326 e. The van der Waals surface area contributed by atoms with Gasteiger partial charge >= 0.3 is 6.01 Å². The minimum atomic E-state index is -0.904. The number of nitrogens with one attached hydrogen (secondary N) is 2. The van der Waals surface area contributed by atoms with Crippen LogP contribution in [0.1, 0.15) is 6.92 Å². The summed E-state index contributed by atoms with van der Waals surface area (Å²) in [5.41, 5.74) is 1.24. The van der Waals surface area contributed by atoms with E-state index in [4.69, 9.17) is 27.9 Å². The van der Waals surface area contributed by atoms with Gasteiger partial charge in [-0.05, 0) is 37.3 Å². The molecule has 0 fully saturated rings. The molecule has 0 aliphatic heterocycles. The number of hydrogen-bond donors (Lipinski definition) is 3. The van der Waals surface area contributed by atoms with E-state index in [-0.39, 0.29) is 29.8 Å². The molecule has 7 nitrogen and oxygen atoms in total. The SMILES string of the molecule is C[C@H](O)CNc1nc(Oc2ccc(F)cc2F)nc2[nH]nc(-c3cc(Cl)ccc3Cl)c12. The molecule has 0 amide bonds. The summed E-state index contributed by atoms with van der Waals surface area (Å²) in [4.78, 5) is 8.52. The van der Waals surface area contributed by atoms with E-state index in [2.05, 4.69) is 25.5 Å². The molecule has 2 heterocycles. The van der Waals surface area contributed by atoms with Crippen molar-refractivity contribution in [2.45, 2.75) is 13.0 Å². The van der Waals surface area contributed by atoms with Crippen LogP contribution >= 0.6 is 23.2 Å². The van der Waals surface area contributed by atoms with Crippen molar-refractivity contribution in [3.8, 4) is 23.0 Å². The molecule has 0 spiro atoms. The third-order valence-electron chi connectivity index (χ3n) is 4.24. The van der Waals surface area contributed by atoms with Crippen molar-refractivity contribution in [2.24, 2.45) is 0 Å². The van der Waals surface area contributed by atoms with Crippen LogP contribution in [0.5, 0.6) is 11.8 Å². The van der Waals surface area contributed by atoms with Crippen LogP contribution in [0.4, 0.5) is 14.6 Å². The smallest absolute Gasteiger partial charge is 0.326 e. The highest BCUT2D eigenvalue weighted by Gasteiger charge is 2.20. The molecule has 2 aromatic carbocycles. The van der Waals surface area contributed by atoms with E-state index < -0.39 is 17.7 Å². The quantitative estimate of drug-likeness (QED) is 0.362. The summed E-state index contributed by atoms with van der Waals surface area (Å²) >= 11 is 12.4. The summed E-state index contributed by atoms with van der Waals surface area (Å²) in [5.74, 6) is -1.63. The first kappa shape index (κ1) is 21.2. The zero-order valence-corrected chi connectivity index (χ0v) is 17.5. The van der Waals surface area contributed by atoms with Crippen LogP contribution in [0, 0.1) is 11.6 Å². The fourth-order valence-corrected chi connectivity index (χ4v) is 3.24. The Morgan fingerprint density at radius 1 is 1.16 bits per heavy atom. The van der Waals surface area contributed by atoms with Gasteiger partial charge in [-0.15, -0.1) is 0 Å². The van der Waals surface area contributed by atoms with E-state index in [1.807, 2.05) is 0 Å². The summed E-state index contributed by atoms with van der Waals surface area (Å²) in [6.45, 7) is 1.76. The van der Waals surface area contributed by atoms with Gasteiger partial charge in [0.05, 0.1) is 16.5 Å². The van der Waals surface area contributed by atoms with Gasteiger partial charge in [0.2, 0.25) is 0 Å². The first-order chi connectivity index (χ1) is 14.8. The van der Waals surface area contributed by atoms with E-state index >= 15 is 0 Å². The minimum Gasteiger partial charge on any atom is -0.421 e. The highest BCUT2D eigenvalue weighted by molar-refractivity contribution is 6.35. The van der Waals surface area contributed by atoms with Crippen molar-refractivity contribution >= 4 is 40.1 Å². The lowest BCUT2D eigenvalue weighted by molar-refractivity contribution is 0.208. The molecular weight excluding hydrogens is 451 g/mol. The van der Waals surface area contributed by atoms with Crippen LogP contribution in [0.2, 0.25) is 10.0 Å². The number of rotatable bonds is 6. The zero-order chi connectivity index (χ0) is 22.1. The zero-order valence-electron chi connectivity index (χ0n) is 16.0. The molecule has 0 unspecified atom stereocenters. The van der Waals surface area contributed by atoms with Gasteiger partial charge in [0, 0.05) is 23.2 Å². The van der Waals surface area contributed by atoms with Crippen LogP contribution in [-0.4, -0.2) is 37.9 Å². The third kappa shape index (κ3) is 4.53. The monoisotopic (exact) mass is 465 g/mol. The van der Waals surface area contributed by atoms with Gasteiger partial charge < -0.3 is 15.2 Å². The minimum absolute atomic E-state index is 0.157. The van der Waals surface area contributed by atoms with Crippen LogP contribution < -0.4 is 10.1 Å². The third-order valence-corrected chi connectivity index (χ3v) is 4.81. The molecule has 0 bridgehead atoms. The van der Waals surface area contributed by atoms with E-state index in [1.165, 1.54) is 0 Å². The molecule has 4 aromatic rings. The average molecular weight is 466 g/mol. The molecule has 31 heavy (non-hydrogen) atoms. The van der Waals surface area contributed by atoms with E-state index in [1.54, 1.807) is 25.1 Å². The van der Waals surface area contributed by atoms with Crippen LogP contribution in [0.3, 0.4) is 0 Å². The second-order valence-corrected chi connectivity index (χ2v) is 7.53. The van der Waals surface area contributed by atoms with Gasteiger partial charge in [0.1, 0.15) is 17.3 Å². The molecule has 0 saturated carbocycles. The molecule has 4 rings (SSSR count). The Morgan fingerprint density at radius 2 is 1.97 bits per heavy atom. The van der Waals surface area contributed by atoms with Crippen molar-refractivity contribution in [3.05, 3.63) is 58.1 Å². The number of ether oxygens (including phenoxy) is 1. The second kappa shape index (κ2) is 8.62. The Kier molecular flexibility index (Phi) is 5.90. The Balaban J connectivity index is 1.83. The molecular formula is C20H15Cl2F2N5O2. The van der Waals surface area contributed by atoms with Crippen molar-refractivity contribution in [1.82, 2.24) is 20.2 Å². The number of aromatic nitrogens is 4. The number of hydrogen-bond acceptors (Lipinski definition) is 6. The molecule has 1 atom stereocenters. The lowest BCUT2D eigenvalue weighted by atomic mass is 10.1. The molecule has 160 valence electrons. The standard InChI is InChI=1S/C20H15Cl2F2N5O2/c1-9(30)8-25-18-16-17(12-6-10(21)2-4-13(12)22)28-29-19(16)27-20(26-18)31-15-5-3-11(23)7-14(15)24/h2-7,9,30H,8H2,1H3,(H2,25,26,27,28,29)/t9-/m0/s1. The predicted molar refractivity (Wildman–Crippen MR) is 114 cm³/mol. The number of fused-ring (bicyclic) bond motifs is 1. The molecule has 0 radical (unpaired) electrons. The average Bonchev–Trinajstić information content (AvgIpc) is 3.14. The van der Waals surface area contributed by atoms with Gasteiger partial charge in [-0.2, -0.15) is 15.1 Å². The number of aliphatic hydroxyl groups excluding tert-OH is 1. The largest absolute Gasteiger partial charge is 0.421 e. The lowest BCUT2D eigenvalue weighted by Gasteiger charge is -2.12. The molecule has 0 aliphatic carbocycles. The number of aliphatic hydroxyl groups is 1. The summed E-state index contributed by atoms with van der Waals surface area (Å²) in [6, 6.07) is 7.60. The highest BCUT2D eigenvalue weighted by atomic mass is 35.5. The van der Waals surface area contributed by atoms with Crippen molar-refractivity contribution in [1.29, 1.82) is 0 Å². The molecule has 0 saturated heterocycles. The summed E-state index contributed by atoms with van der Waals surface area (Å²) < 4.78 is 32.6. The molecule has 11 heteroatoms. The Labute approximate surface area is 185 Å². The maximum absolute atomic E-state index is 14.0. The maximum atomic E-state index is 14.0. The molecule has 0 aliphatic rings. The number of halogens is 4. The van der Waals surface area contributed by atoms with E-state index in [0.29, 0.717) is 32.8 Å². The first-order valence-corrected chi connectivity index (χ1v) is 9.84. The summed E-state index contributed by atoms with van der Waals surface area (Å²) in [7, 11) is 0. The fraction of sp³-hybridized carbons (Fsp3) is 0.150.